The molecule has 2 atom stereocenters. The first-order valence-corrected chi connectivity index (χ1v) is 6.47. The Balaban J connectivity index is 2.94. The van der Waals surface area contributed by atoms with Crippen LogP contribution in [0.25, 0.3) is 0 Å². The zero-order valence-corrected chi connectivity index (χ0v) is 11.9. The number of nitrogens with one attached hydrogen (secondary N) is 1. The van der Waals surface area contributed by atoms with Crippen molar-refractivity contribution in [2.24, 2.45) is 5.92 Å². The van der Waals surface area contributed by atoms with Crippen molar-refractivity contribution in [3.05, 3.63) is 0 Å². The number of methoxy groups -OCH3 is 1. The van der Waals surface area contributed by atoms with Crippen LogP contribution >= 0.6 is 0 Å². The molecule has 0 aromatic heterocycles. The third-order valence-electron chi connectivity index (χ3n) is 3.78. The molecule has 0 radical (unpaired) electrons. The van der Waals surface area contributed by atoms with Gasteiger partial charge in [-0.2, -0.15) is 0 Å². The summed E-state index contributed by atoms with van der Waals surface area (Å²) in [6, 6.07) is -0.410. The Kier molecular flexibility index (Phi) is 4.73. The molecule has 0 aromatic carbocycles. The topological polar surface area (TPSA) is 58.6 Å². The monoisotopic (exact) mass is 256 g/mol. The van der Waals surface area contributed by atoms with Crippen molar-refractivity contribution >= 4 is 11.8 Å². The van der Waals surface area contributed by atoms with Gasteiger partial charge < -0.3 is 15.0 Å². The highest BCUT2D eigenvalue weighted by Crippen LogP contribution is 2.24. The third-order valence-corrected chi connectivity index (χ3v) is 3.78. The van der Waals surface area contributed by atoms with E-state index in [0.29, 0.717) is 13.2 Å². The van der Waals surface area contributed by atoms with Crippen molar-refractivity contribution in [3.63, 3.8) is 0 Å². The van der Waals surface area contributed by atoms with Crippen LogP contribution in [-0.2, 0) is 14.3 Å². The van der Waals surface area contributed by atoms with Crippen LogP contribution in [0.2, 0.25) is 0 Å². The average molecular weight is 256 g/mol. The summed E-state index contributed by atoms with van der Waals surface area (Å²) in [6.07, 6.45) is 0.856. The van der Waals surface area contributed by atoms with Crippen LogP contribution in [0.1, 0.15) is 34.1 Å². The summed E-state index contributed by atoms with van der Waals surface area (Å²) in [4.78, 5) is 26.2. The summed E-state index contributed by atoms with van der Waals surface area (Å²) >= 11 is 0. The molecule has 1 fully saturated rings. The van der Waals surface area contributed by atoms with Gasteiger partial charge in [0.15, 0.2) is 0 Å². The van der Waals surface area contributed by atoms with E-state index in [1.54, 1.807) is 25.9 Å². The van der Waals surface area contributed by atoms with Crippen molar-refractivity contribution in [2.45, 2.75) is 45.7 Å². The molecule has 1 heterocycles. The molecular formula is C13H24N2O3. The van der Waals surface area contributed by atoms with Crippen LogP contribution in [0, 0.1) is 5.92 Å². The average Bonchev–Trinajstić information content (AvgIpc) is 2.33. The predicted octanol–water partition coefficient (Wildman–Crippen LogP) is 0.785. The number of carbonyl (C=O) groups excluding carboxylic acids is 2. The molecule has 1 aliphatic heterocycles. The van der Waals surface area contributed by atoms with Crippen LogP contribution < -0.4 is 5.32 Å². The minimum absolute atomic E-state index is 0.00833. The normalized spacial score (nSPS) is 24.9. The van der Waals surface area contributed by atoms with E-state index in [0.717, 1.165) is 6.42 Å². The van der Waals surface area contributed by atoms with Gasteiger partial charge in [-0.25, -0.2) is 0 Å². The van der Waals surface area contributed by atoms with Crippen LogP contribution in [-0.4, -0.2) is 48.6 Å². The van der Waals surface area contributed by atoms with Gasteiger partial charge >= 0.3 is 0 Å². The van der Waals surface area contributed by atoms with Gasteiger partial charge in [0.05, 0.1) is 6.61 Å². The fourth-order valence-corrected chi connectivity index (χ4v) is 2.14. The number of carbonyl (C=O) groups is 2. The first kappa shape index (κ1) is 15.0. The van der Waals surface area contributed by atoms with E-state index >= 15 is 0 Å². The van der Waals surface area contributed by atoms with Crippen molar-refractivity contribution in [2.75, 3.05) is 20.3 Å². The number of hydrogen-bond donors (Lipinski definition) is 1. The van der Waals surface area contributed by atoms with Crippen LogP contribution in [0.5, 0.6) is 0 Å². The van der Waals surface area contributed by atoms with Crippen LogP contribution in [0.4, 0.5) is 0 Å². The molecule has 1 rings (SSSR count). The predicted molar refractivity (Wildman–Crippen MR) is 69.1 cm³/mol. The van der Waals surface area contributed by atoms with Gasteiger partial charge in [0, 0.05) is 13.7 Å². The zero-order valence-electron chi connectivity index (χ0n) is 11.9. The Hall–Kier alpha value is -1.10. The quantitative estimate of drug-likeness (QED) is 0.791. The molecule has 0 aliphatic carbocycles. The minimum Gasteiger partial charge on any atom is -0.383 e. The fourth-order valence-electron chi connectivity index (χ4n) is 2.14. The zero-order chi connectivity index (χ0) is 13.9. The second-order valence-corrected chi connectivity index (χ2v) is 5.38. The van der Waals surface area contributed by atoms with Crippen molar-refractivity contribution in [1.82, 2.24) is 10.2 Å². The molecule has 0 aromatic rings. The summed E-state index contributed by atoms with van der Waals surface area (Å²) in [7, 11) is 1.59. The molecule has 0 saturated carbocycles. The molecular weight excluding hydrogens is 232 g/mol. The number of hydrogen-bond acceptors (Lipinski definition) is 3. The maximum Gasteiger partial charge on any atom is 0.246 e. The summed E-state index contributed by atoms with van der Waals surface area (Å²) in [5.41, 5.74) is -0.806. The van der Waals surface area contributed by atoms with Crippen LogP contribution in [0.3, 0.4) is 0 Å². The van der Waals surface area contributed by atoms with E-state index < -0.39 is 11.6 Å². The van der Waals surface area contributed by atoms with E-state index in [9.17, 15) is 9.59 Å². The Bertz CT molecular complexity index is 328. The summed E-state index contributed by atoms with van der Waals surface area (Å²) in [6.45, 7) is 8.42. The lowest BCUT2D eigenvalue weighted by Crippen LogP contribution is -2.69. The lowest BCUT2D eigenvalue weighted by atomic mass is 9.89. The SMILES string of the molecule is CCC(C)C1NC(=O)C(C)(C)N(CCOC)C1=O. The maximum atomic E-state index is 12.4. The van der Waals surface area contributed by atoms with E-state index in [1.807, 2.05) is 13.8 Å². The van der Waals surface area contributed by atoms with E-state index in [1.165, 1.54) is 0 Å². The van der Waals surface area contributed by atoms with Crippen molar-refractivity contribution in [1.29, 1.82) is 0 Å². The minimum atomic E-state index is -0.806. The Morgan fingerprint density at radius 1 is 1.44 bits per heavy atom. The third kappa shape index (κ3) is 2.66. The number of ether oxygens (including phenoxy) is 1. The van der Waals surface area contributed by atoms with Gasteiger partial charge in [0.2, 0.25) is 11.8 Å². The highest BCUT2D eigenvalue weighted by atomic mass is 16.5. The van der Waals surface area contributed by atoms with E-state index in [2.05, 4.69) is 5.32 Å². The van der Waals surface area contributed by atoms with Crippen molar-refractivity contribution in [3.8, 4) is 0 Å². The molecule has 1 N–H and O–H groups in total. The first-order valence-electron chi connectivity index (χ1n) is 6.47. The number of amides is 2. The van der Waals surface area contributed by atoms with Gasteiger partial charge in [-0.3, -0.25) is 9.59 Å². The number of nitrogens with zero attached hydrogens (tertiary/aromatic N) is 1. The van der Waals surface area contributed by atoms with Crippen LogP contribution in [0.15, 0.2) is 0 Å². The Morgan fingerprint density at radius 3 is 2.56 bits per heavy atom. The molecule has 2 amide bonds. The van der Waals surface area contributed by atoms with Gasteiger partial charge in [0.1, 0.15) is 11.6 Å². The summed E-state index contributed by atoms with van der Waals surface area (Å²) in [5.74, 6) is 0.0390. The lowest BCUT2D eigenvalue weighted by Gasteiger charge is -2.45. The first-order chi connectivity index (χ1) is 8.36. The lowest BCUT2D eigenvalue weighted by molar-refractivity contribution is -0.157. The standard InChI is InChI=1S/C13H24N2O3/c1-6-9(2)10-11(16)15(7-8-18-5)13(3,4)12(17)14-10/h9-10H,6-8H2,1-5H3,(H,14,17). The smallest absolute Gasteiger partial charge is 0.246 e. The highest BCUT2D eigenvalue weighted by Gasteiger charge is 2.47. The number of piperazine rings is 1. The number of rotatable bonds is 5. The molecule has 0 spiro atoms. The molecule has 1 saturated heterocycles. The van der Waals surface area contributed by atoms with Gasteiger partial charge in [-0.15, -0.1) is 0 Å². The summed E-state index contributed by atoms with van der Waals surface area (Å²) in [5, 5.41) is 2.84. The molecule has 104 valence electrons. The molecule has 0 bridgehead atoms. The Morgan fingerprint density at radius 2 is 2.06 bits per heavy atom. The second kappa shape index (κ2) is 5.69. The van der Waals surface area contributed by atoms with Crippen molar-refractivity contribution < 1.29 is 14.3 Å². The van der Waals surface area contributed by atoms with Gasteiger partial charge in [0.25, 0.3) is 0 Å². The highest BCUT2D eigenvalue weighted by molar-refractivity contribution is 5.99. The maximum absolute atomic E-state index is 12.4. The molecule has 5 heteroatoms. The molecule has 5 nitrogen and oxygen atoms in total. The van der Waals surface area contributed by atoms with Gasteiger partial charge in [-0.1, -0.05) is 20.3 Å². The molecule has 2 unspecified atom stereocenters. The largest absolute Gasteiger partial charge is 0.383 e. The second-order valence-electron chi connectivity index (χ2n) is 5.38. The molecule has 1 aliphatic rings. The fraction of sp³-hybridized carbons (Fsp3) is 0.846. The molecule has 18 heavy (non-hydrogen) atoms. The van der Waals surface area contributed by atoms with Gasteiger partial charge in [-0.05, 0) is 19.8 Å². The summed E-state index contributed by atoms with van der Waals surface area (Å²) < 4.78 is 5.02. The van der Waals surface area contributed by atoms with E-state index in [4.69, 9.17) is 4.74 Å². The Labute approximate surface area is 109 Å². The van der Waals surface area contributed by atoms with E-state index in [-0.39, 0.29) is 17.7 Å².